The van der Waals surface area contributed by atoms with Crippen LogP contribution in [0.4, 0.5) is 4.79 Å². The number of ketones is 2. The number of ether oxygens (including phenoxy) is 2. The van der Waals surface area contributed by atoms with Crippen molar-refractivity contribution in [1.82, 2.24) is 10.6 Å². The van der Waals surface area contributed by atoms with Gasteiger partial charge in [-0.15, -0.1) is 0 Å². The highest BCUT2D eigenvalue weighted by Crippen LogP contribution is 2.30. The summed E-state index contributed by atoms with van der Waals surface area (Å²) in [6.45, 7) is 7.69. The average molecular weight is 523 g/mol. The second-order valence-electron chi connectivity index (χ2n) is 10.6. The van der Waals surface area contributed by atoms with Crippen LogP contribution in [0.2, 0.25) is 0 Å². The summed E-state index contributed by atoms with van der Waals surface area (Å²) in [5, 5.41) is 5.46. The van der Waals surface area contributed by atoms with E-state index in [0.29, 0.717) is 19.4 Å². The van der Waals surface area contributed by atoms with E-state index in [1.54, 1.807) is 13.8 Å². The Morgan fingerprint density at radius 3 is 2.05 bits per heavy atom. The molecule has 4 atom stereocenters. The molecule has 0 bridgehead atoms. The summed E-state index contributed by atoms with van der Waals surface area (Å²) in [5.74, 6) is -1.37. The maximum Gasteiger partial charge on any atom is 0.408 e. The molecule has 0 spiro atoms. The largest absolute Gasteiger partial charge is 0.445 e. The van der Waals surface area contributed by atoms with Gasteiger partial charge in [-0.1, -0.05) is 74.5 Å². The molecule has 38 heavy (non-hydrogen) atoms. The lowest BCUT2D eigenvalue weighted by Gasteiger charge is -2.25. The molecule has 1 saturated heterocycles. The molecule has 1 aliphatic rings. The third-order valence-corrected chi connectivity index (χ3v) is 6.61. The van der Waals surface area contributed by atoms with Gasteiger partial charge < -0.3 is 20.1 Å². The first-order valence-electron chi connectivity index (χ1n) is 13.1. The van der Waals surface area contributed by atoms with E-state index in [9.17, 15) is 19.2 Å². The lowest BCUT2D eigenvalue weighted by atomic mass is 9.89. The fraction of sp³-hybridized carbons (Fsp3) is 0.467. The number of epoxide rings is 1. The molecular formula is C30H38N2O6. The molecule has 204 valence electrons. The molecule has 0 aliphatic carbocycles. The maximum absolute atomic E-state index is 13.5. The van der Waals surface area contributed by atoms with Crippen LogP contribution in [0, 0.1) is 11.8 Å². The molecule has 1 fully saturated rings. The number of hydrogen-bond donors (Lipinski definition) is 2. The van der Waals surface area contributed by atoms with E-state index in [4.69, 9.17) is 9.47 Å². The number of nitrogens with one attached hydrogen (secondary N) is 2. The van der Waals surface area contributed by atoms with Crippen LogP contribution in [0.1, 0.15) is 51.7 Å². The molecule has 0 aromatic heterocycles. The van der Waals surface area contributed by atoms with Crippen molar-refractivity contribution in [3.05, 3.63) is 71.8 Å². The van der Waals surface area contributed by atoms with E-state index >= 15 is 0 Å². The van der Waals surface area contributed by atoms with Gasteiger partial charge in [0.05, 0.1) is 18.7 Å². The van der Waals surface area contributed by atoms with Crippen LogP contribution in [0.3, 0.4) is 0 Å². The van der Waals surface area contributed by atoms with Gasteiger partial charge in [-0.2, -0.15) is 0 Å². The molecular weight excluding hydrogens is 484 g/mol. The summed E-state index contributed by atoms with van der Waals surface area (Å²) < 4.78 is 10.6. The smallest absolute Gasteiger partial charge is 0.408 e. The van der Waals surface area contributed by atoms with Gasteiger partial charge in [-0.05, 0) is 43.7 Å². The van der Waals surface area contributed by atoms with E-state index in [-0.39, 0.29) is 36.4 Å². The van der Waals surface area contributed by atoms with Crippen molar-refractivity contribution >= 4 is 23.6 Å². The van der Waals surface area contributed by atoms with Crippen molar-refractivity contribution in [1.29, 1.82) is 0 Å². The van der Waals surface area contributed by atoms with Gasteiger partial charge in [-0.3, -0.25) is 14.4 Å². The van der Waals surface area contributed by atoms with Crippen LogP contribution < -0.4 is 10.6 Å². The zero-order chi connectivity index (χ0) is 27.7. The number of alkyl carbamates (subject to hydrolysis) is 1. The molecule has 0 radical (unpaired) electrons. The first-order chi connectivity index (χ1) is 18.1. The highest BCUT2D eigenvalue weighted by atomic mass is 16.6. The van der Waals surface area contributed by atoms with Crippen molar-refractivity contribution in [2.75, 3.05) is 6.61 Å². The van der Waals surface area contributed by atoms with Crippen LogP contribution >= 0.6 is 0 Å². The number of Topliss-reactive ketones (excluding diaryl/α,β-unsaturated/α-hetero) is 2. The zero-order valence-electron chi connectivity index (χ0n) is 22.6. The van der Waals surface area contributed by atoms with Crippen LogP contribution in [0.15, 0.2) is 60.7 Å². The lowest BCUT2D eigenvalue weighted by Crippen LogP contribution is -2.49. The Kier molecular flexibility index (Phi) is 10.2. The van der Waals surface area contributed by atoms with E-state index in [1.165, 1.54) is 0 Å². The van der Waals surface area contributed by atoms with Gasteiger partial charge in [0.15, 0.2) is 11.6 Å². The Morgan fingerprint density at radius 1 is 0.921 bits per heavy atom. The predicted molar refractivity (Wildman–Crippen MR) is 143 cm³/mol. The number of rotatable bonds is 14. The van der Waals surface area contributed by atoms with Gasteiger partial charge in [0.25, 0.3) is 0 Å². The Bertz CT molecular complexity index is 1100. The van der Waals surface area contributed by atoms with Gasteiger partial charge in [0.2, 0.25) is 5.91 Å². The molecule has 0 saturated carbocycles. The Balaban J connectivity index is 1.65. The molecule has 2 N–H and O–H groups in total. The molecule has 2 aromatic carbocycles. The normalized spacial score (nSPS) is 18.7. The fourth-order valence-electron chi connectivity index (χ4n) is 4.21. The molecule has 2 aromatic rings. The summed E-state index contributed by atoms with van der Waals surface area (Å²) >= 11 is 0. The van der Waals surface area contributed by atoms with E-state index in [2.05, 4.69) is 10.6 Å². The first kappa shape index (κ1) is 29.0. The van der Waals surface area contributed by atoms with E-state index in [1.807, 2.05) is 74.5 Å². The molecule has 3 rings (SSSR count). The van der Waals surface area contributed by atoms with Gasteiger partial charge in [0, 0.05) is 12.3 Å². The second-order valence-corrected chi connectivity index (χ2v) is 10.6. The number of carbonyl (C=O) groups is 4. The van der Waals surface area contributed by atoms with Crippen molar-refractivity contribution in [2.45, 2.75) is 71.2 Å². The Hall–Kier alpha value is -3.52. The first-order valence-corrected chi connectivity index (χ1v) is 13.1. The molecule has 2 amide bonds. The van der Waals surface area contributed by atoms with E-state index in [0.717, 1.165) is 11.1 Å². The quantitative estimate of drug-likeness (QED) is 0.363. The predicted octanol–water partition coefficient (Wildman–Crippen LogP) is 4.01. The summed E-state index contributed by atoms with van der Waals surface area (Å²) in [5.41, 5.74) is 0.862. The van der Waals surface area contributed by atoms with Gasteiger partial charge in [-0.25, -0.2) is 4.79 Å². The van der Waals surface area contributed by atoms with Crippen LogP contribution in [-0.4, -0.2) is 47.9 Å². The third kappa shape index (κ3) is 8.80. The Labute approximate surface area is 224 Å². The number of amides is 2. The highest BCUT2D eigenvalue weighted by molar-refractivity contribution is 5.97. The van der Waals surface area contributed by atoms with Crippen molar-refractivity contribution in [3.63, 3.8) is 0 Å². The van der Waals surface area contributed by atoms with Gasteiger partial charge in [0.1, 0.15) is 12.2 Å². The minimum atomic E-state index is -0.865. The topological polar surface area (TPSA) is 114 Å². The molecule has 1 heterocycles. The summed E-state index contributed by atoms with van der Waals surface area (Å²) in [6.07, 6.45) is -0.0169. The zero-order valence-corrected chi connectivity index (χ0v) is 22.6. The SMILES string of the molecule is CC(C)C[C@H](NC(=O)[C@@H](CC(=O)C(C)NC(=O)OCc1ccccc1)Cc1ccccc1)C(=O)C1(C)CO1. The molecule has 2 unspecified atom stereocenters. The molecule has 1 aliphatic heterocycles. The maximum atomic E-state index is 13.5. The highest BCUT2D eigenvalue weighted by Gasteiger charge is 2.50. The lowest BCUT2D eigenvalue weighted by molar-refractivity contribution is -0.134. The van der Waals surface area contributed by atoms with Crippen molar-refractivity contribution in [3.8, 4) is 0 Å². The molecule has 8 heteroatoms. The fourth-order valence-corrected chi connectivity index (χ4v) is 4.21. The van der Waals surface area contributed by atoms with Gasteiger partial charge >= 0.3 is 6.09 Å². The minimum absolute atomic E-state index is 0.0839. The van der Waals surface area contributed by atoms with Crippen LogP contribution in [0.5, 0.6) is 0 Å². The number of benzene rings is 2. The summed E-state index contributed by atoms with van der Waals surface area (Å²) in [7, 11) is 0. The summed E-state index contributed by atoms with van der Waals surface area (Å²) in [6, 6.07) is 17.1. The summed E-state index contributed by atoms with van der Waals surface area (Å²) in [4.78, 5) is 51.8. The minimum Gasteiger partial charge on any atom is -0.445 e. The Morgan fingerprint density at radius 2 is 1.50 bits per heavy atom. The molecule has 8 nitrogen and oxygen atoms in total. The number of carbonyl (C=O) groups excluding carboxylic acids is 4. The second kappa shape index (κ2) is 13.3. The third-order valence-electron chi connectivity index (χ3n) is 6.61. The van der Waals surface area contributed by atoms with Crippen molar-refractivity contribution in [2.24, 2.45) is 11.8 Å². The van der Waals surface area contributed by atoms with Crippen LogP contribution in [-0.2, 0) is 36.9 Å². The standard InChI is InChI=1S/C30H38N2O6/c1-20(2)15-25(27(34)30(4)19-38-30)32-28(35)24(16-22-11-7-5-8-12-22)17-26(33)21(3)31-29(36)37-18-23-13-9-6-10-14-23/h5-14,20-21,24-25H,15-19H2,1-4H3,(H,31,36)(H,32,35)/t21?,24-,25+,30?/m1/s1. The monoisotopic (exact) mass is 522 g/mol. The average Bonchev–Trinajstić information content (AvgIpc) is 3.65. The van der Waals surface area contributed by atoms with Crippen LogP contribution in [0.25, 0.3) is 0 Å². The van der Waals surface area contributed by atoms with Crippen molar-refractivity contribution < 1.29 is 28.7 Å². The number of hydrogen-bond acceptors (Lipinski definition) is 6. The van der Waals surface area contributed by atoms with E-state index < -0.39 is 29.7 Å².